The lowest BCUT2D eigenvalue weighted by molar-refractivity contribution is -0.128. The van der Waals surface area contributed by atoms with Crippen LogP contribution in [0.3, 0.4) is 0 Å². The van der Waals surface area contributed by atoms with Gasteiger partial charge in [-0.25, -0.2) is 13.2 Å². The third-order valence-electron chi connectivity index (χ3n) is 11.6. The normalized spacial score (nSPS) is 24.7. The summed E-state index contributed by atoms with van der Waals surface area (Å²) in [5, 5.41) is 10.9. The van der Waals surface area contributed by atoms with E-state index < -0.39 is 29.4 Å². The van der Waals surface area contributed by atoms with E-state index in [1.165, 1.54) is 12.3 Å². The molecule has 4 aliphatic rings. The van der Waals surface area contributed by atoms with Crippen molar-refractivity contribution in [3.63, 3.8) is 0 Å². The molecule has 0 aliphatic carbocycles. The molecule has 2 aromatic heterocycles. The first kappa shape index (κ1) is 37.4. The quantitative estimate of drug-likeness (QED) is 0.180. The van der Waals surface area contributed by atoms with Crippen molar-refractivity contribution >= 4 is 45.0 Å². The van der Waals surface area contributed by atoms with E-state index in [1.807, 2.05) is 11.0 Å². The smallest absolute Gasteiger partial charge is 0.319 e. The molecule has 0 unspecified atom stereocenters. The molecule has 4 aliphatic heterocycles. The average Bonchev–Trinajstić information content (AvgIpc) is 3.89. The van der Waals surface area contributed by atoms with Crippen molar-refractivity contribution in [1.29, 1.82) is 5.26 Å². The molecule has 6 heterocycles. The van der Waals surface area contributed by atoms with Crippen LogP contribution in [-0.4, -0.2) is 125 Å². The van der Waals surface area contributed by atoms with Crippen LogP contribution in [0.2, 0.25) is 5.02 Å². The molecule has 11 nitrogen and oxygen atoms in total. The average molecular weight is 775 g/mol. The predicted octanol–water partition coefficient (Wildman–Crippen LogP) is 5.94. The van der Waals surface area contributed by atoms with Crippen LogP contribution in [0.15, 0.2) is 48.7 Å². The minimum Gasteiger partial charge on any atom is -0.461 e. The Bertz CT molecular complexity index is 2190. The fraction of sp³-hybridized carbons (Fsp3) is 0.475. The van der Waals surface area contributed by atoms with E-state index in [9.17, 15) is 18.8 Å². The lowest BCUT2D eigenvalue weighted by Crippen LogP contribution is -2.55. The summed E-state index contributed by atoms with van der Waals surface area (Å²) < 4.78 is 58.0. The highest BCUT2D eigenvalue weighted by atomic mass is 35.5. The van der Waals surface area contributed by atoms with E-state index in [2.05, 4.69) is 25.8 Å². The second kappa shape index (κ2) is 15.5. The number of amides is 1. The van der Waals surface area contributed by atoms with Crippen LogP contribution in [0.4, 0.5) is 19.0 Å². The lowest BCUT2D eigenvalue weighted by atomic mass is 9.95. The molecule has 4 atom stereocenters. The number of anilines is 1. The molecular formula is C40H42ClF3N8O3. The fourth-order valence-electron chi connectivity index (χ4n) is 8.84. The molecular weight excluding hydrogens is 733 g/mol. The summed E-state index contributed by atoms with van der Waals surface area (Å²) in [4.78, 5) is 35.3. The maximum absolute atomic E-state index is 17.0. The summed E-state index contributed by atoms with van der Waals surface area (Å²) in [6, 6.07) is 9.60. The standard InChI is InChI=1S/C40H42ClF3N8O3/c1-54-28-11-16-49(23-28)14-3-7-32(53)52-18-17-50(22-27(52)10-13-45)38-30-20-46-36(29-6-2-5-25-8-9-31(43)34(41)33(25)29)35(44)37(30)47-39(48-38)55-24-40-12-4-15-51(40)21-26(42)19-40/h2-3,5-9,20,26-28H,4,10-12,14-19,21-24H2,1H3/b7-3+/t26-,27+,28+,40+/m1/s1. The summed E-state index contributed by atoms with van der Waals surface area (Å²) in [5.74, 6) is -1.27. The van der Waals surface area contributed by atoms with Gasteiger partial charge in [0.15, 0.2) is 5.82 Å². The first-order chi connectivity index (χ1) is 26.7. The SMILES string of the molecule is CO[C@H]1CCN(C/C=C/C(=O)N2CCN(c3nc(OC[C@@]45CCCN4C[C@H](F)C5)nc4c(F)c(-c5cccc6ccc(F)c(Cl)c56)ncc34)C[C@@H]2CC#N)C1. The van der Waals surface area contributed by atoms with E-state index in [-0.39, 0.29) is 60.4 Å². The number of nitriles is 1. The maximum Gasteiger partial charge on any atom is 0.319 e. The summed E-state index contributed by atoms with van der Waals surface area (Å²) >= 11 is 6.43. The van der Waals surface area contributed by atoms with Crippen LogP contribution in [0.25, 0.3) is 32.9 Å². The van der Waals surface area contributed by atoms with Crippen LogP contribution in [0, 0.1) is 23.0 Å². The van der Waals surface area contributed by atoms with Gasteiger partial charge in [-0.3, -0.25) is 19.6 Å². The molecule has 4 fully saturated rings. The second-order valence-corrected chi connectivity index (χ2v) is 15.3. The Morgan fingerprint density at radius 2 is 2.00 bits per heavy atom. The number of alkyl halides is 1. The van der Waals surface area contributed by atoms with Crippen LogP contribution >= 0.6 is 11.6 Å². The topological polar surface area (TPSA) is 111 Å². The van der Waals surface area contributed by atoms with Crippen LogP contribution < -0.4 is 9.64 Å². The van der Waals surface area contributed by atoms with Crippen molar-refractivity contribution < 1.29 is 27.4 Å². The predicted molar refractivity (Wildman–Crippen MR) is 203 cm³/mol. The van der Waals surface area contributed by atoms with Crippen molar-refractivity contribution in [3.8, 4) is 23.3 Å². The van der Waals surface area contributed by atoms with Gasteiger partial charge in [-0.05, 0) is 37.3 Å². The fourth-order valence-corrected chi connectivity index (χ4v) is 9.12. The van der Waals surface area contributed by atoms with Crippen molar-refractivity contribution in [2.24, 2.45) is 0 Å². The monoisotopic (exact) mass is 774 g/mol. The highest BCUT2D eigenvalue weighted by Gasteiger charge is 2.49. The zero-order chi connectivity index (χ0) is 38.3. The molecule has 15 heteroatoms. The number of carbonyl (C=O) groups is 1. The summed E-state index contributed by atoms with van der Waals surface area (Å²) in [5.41, 5.74) is -0.349. The number of rotatable bonds is 10. The van der Waals surface area contributed by atoms with Gasteiger partial charge < -0.3 is 19.3 Å². The molecule has 2 aromatic carbocycles. The van der Waals surface area contributed by atoms with Gasteiger partial charge in [0.05, 0.1) is 40.6 Å². The third kappa shape index (κ3) is 7.19. The minimum atomic E-state index is -0.963. The van der Waals surface area contributed by atoms with Crippen LogP contribution in [0.1, 0.15) is 32.1 Å². The van der Waals surface area contributed by atoms with Crippen molar-refractivity contribution in [1.82, 2.24) is 29.7 Å². The minimum absolute atomic E-state index is 0.0685. The Labute approximate surface area is 322 Å². The number of hydrogen-bond donors (Lipinski definition) is 0. The van der Waals surface area contributed by atoms with E-state index in [1.54, 1.807) is 42.4 Å². The largest absolute Gasteiger partial charge is 0.461 e. The number of halogens is 4. The molecule has 8 rings (SSSR count). The number of methoxy groups -OCH3 is 1. The van der Waals surface area contributed by atoms with E-state index in [4.69, 9.17) is 26.1 Å². The Kier molecular flexibility index (Phi) is 10.6. The Hall–Kier alpha value is -4.55. The summed E-state index contributed by atoms with van der Waals surface area (Å²) in [6.45, 7) is 4.43. The van der Waals surface area contributed by atoms with Gasteiger partial charge in [0.1, 0.15) is 35.6 Å². The number of likely N-dealkylation sites (tertiary alicyclic amines) is 1. The maximum atomic E-state index is 17.0. The number of carbonyl (C=O) groups excluding carboxylic acids is 1. The summed E-state index contributed by atoms with van der Waals surface area (Å²) in [6.07, 6.45) is 7.16. The molecule has 4 saturated heterocycles. The van der Waals surface area contributed by atoms with Crippen LogP contribution in [0.5, 0.6) is 6.01 Å². The molecule has 0 N–H and O–H groups in total. The highest BCUT2D eigenvalue weighted by molar-refractivity contribution is 6.36. The van der Waals surface area contributed by atoms with Gasteiger partial charge in [0.2, 0.25) is 5.91 Å². The van der Waals surface area contributed by atoms with Crippen molar-refractivity contribution in [2.75, 3.05) is 71.0 Å². The molecule has 0 bridgehead atoms. The molecule has 0 spiro atoms. The number of ether oxygens (including phenoxy) is 2. The lowest BCUT2D eigenvalue weighted by Gasteiger charge is -2.41. The van der Waals surface area contributed by atoms with Crippen molar-refractivity contribution in [2.45, 2.75) is 56.0 Å². The van der Waals surface area contributed by atoms with Gasteiger partial charge in [-0.2, -0.15) is 15.2 Å². The Balaban J connectivity index is 1.13. The summed E-state index contributed by atoms with van der Waals surface area (Å²) in [7, 11) is 1.71. The number of pyridine rings is 1. The molecule has 0 saturated carbocycles. The van der Waals surface area contributed by atoms with Crippen molar-refractivity contribution in [3.05, 3.63) is 65.3 Å². The second-order valence-electron chi connectivity index (χ2n) is 14.9. The first-order valence-electron chi connectivity index (χ1n) is 18.8. The molecule has 1 amide bonds. The van der Waals surface area contributed by atoms with Gasteiger partial charge in [0, 0.05) is 82.6 Å². The van der Waals surface area contributed by atoms with Gasteiger partial charge in [-0.1, -0.05) is 41.9 Å². The number of aromatic nitrogens is 3. The van der Waals surface area contributed by atoms with E-state index >= 15 is 4.39 Å². The number of fused-ring (bicyclic) bond motifs is 3. The third-order valence-corrected chi connectivity index (χ3v) is 12.0. The number of nitrogens with zero attached hydrogens (tertiary/aromatic N) is 8. The molecule has 288 valence electrons. The molecule has 55 heavy (non-hydrogen) atoms. The Morgan fingerprint density at radius 3 is 2.82 bits per heavy atom. The number of piperazine rings is 1. The molecule has 0 radical (unpaired) electrons. The van der Waals surface area contributed by atoms with Gasteiger partial charge in [0.25, 0.3) is 0 Å². The Morgan fingerprint density at radius 1 is 1.13 bits per heavy atom. The molecule has 4 aromatic rings. The number of benzene rings is 2. The zero-order valence-corrected chi connectivity index (χ0v) is 31.3. The zero-order valence-electron chi connectivity index (χ0n) is 30.6. The first-order valence-corrected chi connectivity index (χ1v) is 19.2. The van der Waals surface area contributed by atoms with E-state index in [0.717, 1.165) is 38.9 Å². The van der Waals surface area contributed by atoms with Gasteiger partial charge >= 0.3 is 6.01 Å². The highest BCUT2D eigenvalue weighted by Crippen LogP contribution is 2.42. The van der Waals surface area contributed by atoms with E-state index in [0.29, 0.717) is 53.6 Å². The van der Waals surface area contributed by atoms with Gasteiger partial charge in [-0.15, -0.1) is 0 Å². The number of hydrogen-bond acceptors (Lipinski definition) is 10. The van der Waals surface area contributed by atoms with Crippen LogP contribution in [-0.2, 0) is 9.53 Å².